The summed E-state index contributed by atoms with van der Waals surface area (Å²) >= 11 is 1.40. The Morgan fingerprint density at radius 3 is 2.61 bits per heavy atom. The third kappa shape index (κ3) is 4.53. The Labute approximate surface area is 137 Å². The highest BCUT2D eigenvalue weighted by atomic mass is 32.1. The van der Waals surface area contributed by atoms with Crippen molar-refractivity contribution in [3.63, 3.8) is 0 Å². The Bertz CT molecular complexity index is 712. The maximum atomic E-state index is 11.9. The molecule has 0 saturated carbocycles. The average Bonchev–Trinajstić information content (AvgIpc) is 3.18. The first-order valence-electron chi connectivity index (χ1n) is 6.91. The van der Waals surface area contributed by atoms with Gasteiger partial charge in [0.05, 0.1) is 24.7 Å². The van der Waals surface area contributed by atoms with Crippen molar-refractivity contribution in [3.05, 3.63) is 45.5 Å². The van der Waals surface area contributed by atoms with E-state index in [1.807, 2.05) is 13.0 Å². The van der Waals surface area contributed by atoms with Gasteiger partial charge in [0.25, 0.3) is 0 Å². The van der Waals surface area contributed by atoms with Crippen molar-refractivity contribution >= 4 is 29.1 Å². The van der Waals surface area contributed by atoms with Crippen molar-refractivity contribution in [3.8, 4) is 0 Å². The number of thiophene rings is 1. The van der Waals surface area contributed by atoms with Gasteiger partial charge in [-0.2, -0.15) is 0 Å². The molecule has 0 bridgehead atoms. The zero-order valence-electron chi connectivity index (χ0n) is 12.8. The van der Waals surface area contributed by atoms with Crippen molar-refractivity contribution in [2.45, 2.75) is 26.4 Å². The lowest BCUT2D eigenvalue weighted by Gasteiger charge is -2.04. The highest BCUT2D eigenvalue weighted by Gasteiger charge is 2.17. The van der Waals surface area contributed by atoms with Crippen LogP contribution >= 0.6 is 11.3 Å². The molecule has 2 rings (SSSR count). The number of methoxy groups -OCH3 is 1. The zero-order chi connectivity index (χ0) is 16.8. The van der Waals surface area contributed by atoms with E-state index in [1.54, 1.807) is 6.07 Å². The number of ether oxygens (including phenoxy) is 2. The molecule has 122 valence electrons. The van der Waals surface area contributed by atoms with Crippen LogP contribution in [0, 0.1) is 6.92 Å². The molecular weight excluding hydrogens is 320 g/mol. The number of carbonyl (C=O) groups is 3. The molecule has 2 aromatic heterocycles. The fraction of sp³-hybridized carbons (Fsp3) is 0.312. The van der Waals surface area contributed by atoms with E-state index in [2.05, 4.69) is 4.74 Å². The summed E-state index contributed by atoms with van der Waals surface area (Å²) in [6, 6.07) is 5.05. The molecule has 0 atom stereocenters. The molecule has 23 heavy (non-hydrogen) atoms. The van der Waals surface area contributed by atoms with Crippen LogP contribution in [0.4, 0.5) is 0 Å². The fourth-order valence-electron chi connectivity index (χ4n) is 1.89. The Morgan fingerprint density at radius 2 is 1.96 bits per heavy atom. The molecule has 7 heteroatoms. The van der Waals surface area contributed by atoms with Crippen LogP contribution in [0.2, 0.25) is 0 Å². The quantitative estimate of drug-likeness (QED) is 0.570. The van der Waals surface area contributed by atoms with E-state index in [1.165, 1.54) is 30.8 Å². The van der Waals surface area contributed by atoms with E-state index in [-0.39, 0.29) is 36.6 Å². The molecule has 0 radical (unpaired) electrons. The Morgan fingerprint density at radius 1 is 1.17 bits per heavy atom. The van der Waals surface area contributed by atoms with Crippen molar-refractivity contribution < 1.29 is 28.3 Å². The van der Waals surface area contributed by atoms with Crippen LogP contribution in [-0.4, -0.2) is 24.8 Å². The van der Waals surface area contributed by atoms with Gasteiger partial charge < -0.3 is 13.9 Å². The summed E-state index contributed by atoms with van der Waals surface area (Å²) in [6.45, 7) is 1.74. The van der Waals surface area contributed by atoms with Crippen LogP contribution < -0.4 is 0 Å². The molecule has 0 aliphatic heterocycles. The Hall–Kier alpha value is -2.41. The van der Waals surface area contributed by atoms with Crippen LogP contribution in [0.3, 0.4) is 0 Å². The van der Waals surface area contributed by atoms with E-state index >= 15 is 0 Å². The summed E-state index contributed by atoms with van der Waals surface area (Å²) < 4.78 is 14.7. The molecule has 2 heterocycles. The van der Waals surface area contributed by atoms with E-state index in [0.29, 0.717) is 4.88 Å². The summed E-state index contributed by atoms with van der Waals surface area (Å²) in [5, 5.41) is 0. The summed E-state index contributed by atoms with van der Waals surface area (Å²) in [5.41, 5.74) is 0.213. The minimum Gasteiger partial charge on any atom is -0.465 e. The molecule has 0 unspecified atom stereocenters. The largest absolute Gasteiger partial charge is 0.465 e. The van der Waals surface area contributed by atoms with Gasteiger partial charge in [0, 0.05) is 11.3 Å². The van der Waals surface area contributed by atoms with Gasteiger partial charge >= 0.3 is 11.9 Å². The van der Waals surface area contributed by atoms with Gasteiger partial charge in [0.2, 0.25) is 0 Å². The molecule has 0 saturated heterocycles. The molecule has 0 aromatic carbocycles. The minimum absolute atomic E-state index is 0.0238. The van der Waals surface area contributed by atoms with Gasteiger partial charge in [-0.3, -0.25) is 9.59 Å². The van der Waals surface area contributed by atoms with Crippen LogP contribution in [0.1, 0.15) is 43.5 Å². The first-order valence-corrected chi connectivity index (χ1v) is 7.73. The number of hydrogen-bond donors (Lipinski definition) is 0. The maximum absolute atomic E-state index is 11.9. The predicted molar refractivity (Wildman–Crippen MR) is 82.5 cm³/mol. The van der Waals surface area contributed by atoms with Crippen LogP contribution in [0.15, 0.2) is 28.9 Å². The second-order valence-corrected chi connectivity index (χ2v) is 6.03. The summed E-state index contributed by atoms with van der Waals surface area (Å²) in [4.78, 5) is 36.7. The van der Waals surface area contributed by atoms with Crippen molar-refractivity contribution in [2.24, 2.45) is 0 Å². The molecule has 0 N–H and O–H groups in total. The monoisotopic (exact) mass is 336 g/mol. The number of hydrogen-bond acceptors (Lipinski definition) is 7. The van der Waals surface area contributed by atoms with Gasteiger partial charge in [-0.25, -0.2) is 4.79 Å². The molecule has 0 amide bonds. The molecule has 2 aromatic rings. The van der Waals surface area contributed by atoms with E-state index in [4.69, 9.17) is 9.15 Å². The van der Waals surface area contributed by atoms with Gasteiger partial charge in [-0.15, -0.1) is 11.3 Å². The van der Waals surface area contributed by atoms with Crippen molar-refractivity contribution in [2.75, 3.05) is 7.11 Å². The second-order valence-electron chi connectivity index (χ2n) is 4.74. The molecule has 6 nitrogen and oxygen atoms in total. The lowest BCUT2D eigenvalue weighted by Crippen LogP contribution is -2.09. The molecule has 0 aliphatic carbocycles. The van der Waals surface area contributed by atoms with Crippen LogP contribution in [0.25, 0.3) is 0 Å². The number of furan rings is 1. The zero-order valence-corrected chi connectivity index (χ0v) is 13.6. The third-order valence-electron chi connectivity index (χ3n) is 3.09. The van der Waals surface area contributed by atoms with Gasteiger partial charge in [0.1, 0.15) is 12.2 Å². The molecule has 0 aliphatic rings. The lowest BCUT2D eigenvalue weighted by molar-refractivity contribution is -0.145. The molecular formula is C16H16O6S. The first-order chi connectivity index (χ1) is 11.0. The van der Waals surface area contributed by atoms with Crippen molar-refractivity contribution in [1.29, 1.82) is 0 Å². The lowest BCUT2D eigenvalue weighted by atomic mass is 10.2. The summed E-state index contributed by atoms with van der Waals surface area (Å²) in [5.74, 6) is -0.967. The van der Waals surface area contributed by atoms with Crippen molar-refractivity contribution in [1.82, 2.24) is 0 Å². The number of esters is 2. The highest BCUT2D eigenvalue weighted by molar-refractivity contribution is 7.14. The highest BCUT2D eigenvalue weighted by Crippen LogP contribution is 2.18. The minimum atomic E-state index is -0.562. The van der Waals surface area contributed by atoms with Crippen LogP contribution in [-0.2, 0) is 20.9 Å². The number of ketones is 1. The predicted octanol–water partition coefficient (Wildman–Crippen LogP) is 3.14. The maximum Gasteiger partial charge on any atom is 0.341 e. The molecule has 0 spiro atoms. The number of rotatable bonds is 7. The van der Waals surface area contributed by atoms with Gasteiger partial charge in [-0.05, 0) is 25.1 Å². The first kappa shape index (κ1) is 17.0. The average molecular weight is 336 g/mol. The van der Waals surface area contributed by atoms with E-state index in [9.17, 15) is 14.4 Å². The topological polar surface area (TPSA) is 82.8 Å². The second kappa shape index (κ2) is 7.73. The smallest absolute Gasteiger partial charge is 0.341 e. The summed E-state index contributed by atoms with van der Waals surface area (Å²) in [7, 11) is 1.25. The number of aryl methyl sites for hydroxylation is 1. The Balaban J connectivity index is 1.81. The fourth-order valence-corrected chi connectivity index (χ4v) is 2.72. The Kier molecular flexibility index (Phi) is 5.70. The normalized spacial score (nSPS) is 10.3. The molecule has 0 fully saturated rings. The van der Waals surface area contributed by atoms with Gasteiger partial charge in [0.15, 0.2) is 11.5 Å². The number of Topliss-reactive ketones (excluding diaryl/α,β-unsaturated/α-hetero) is 1. The third-order valence-corrected chi connectivity index (χ3v) is 4.13. The SMILES string of the molecule is COC(=O)c1ccoc1COC(=O)CCC(=O)c1ccc(C)s1. The van der Waals surface area contributed by atoms with E-state index in [0.717, 1.165) is 4.88 Å². The van der Waals surface area contributed by atoms with Crippen LogP contribution in [0.5, 0.6) is 0 Å². The standard InChI is InChI=1S/C16H16O6S/c1-10-3-5-14(23-10)12(17)4-6-15(18)22-9-13-11(7-8-21-13)16(19)20-2/h3,5,7-8H,4,6,9H2,1-2H3. The summed E-state index contributed by atoms with van der Waals surface area (Å²) in [6.07, 6.45) is 1.38. The van der Waals surface area contributed by atoms with Gasteiger partial charge in [-0.1, -0.05) is 0 Å². The number of carbonyl (C=O) groups excluding carboxylic acids is 3. The van der Waals surface area contributed by atoms with E-state index < -0.39 is 11.9 Å².